The van der Waals surface area contributed by atoms with E-state index >= 15 is 0 Å². The molecule has 15 heavy (non-hydrogen) atoms. The zero-order valence-corrected chi connectivity index (χ0v) is 9.56. The van der Waals surface area contributed by atoms with E-state index in [1.54, 1.807) is 6.07 Å². The van der Waals surface area contributed by atoms with Crippen LogP contribution < -0.4 is 0 Å². The van der Waals surface area contributed by atoms with Gasteiger partial charge in [0.25, 0.3) is 0 Å². The van der Waals surface area contributed by atoms with Crippen LogP contribution in [0.1, 0.15) is 29.5 Å². The first kappa shape index (κ1) is 10.5. The number of benzene rings is 1. The molecular weight excluding hydrogens is 212 g/mol. The maximum atomic E-state index is 11.1. The van der Waals surface area contributed by atoms with Crippen molar-refractivity contribution in [2.24, 2.45) is 0 Å². The summed E-state index contributed by atoms with van der Waals surface area (Å²) in [6, 6.07) is 3.74. The van der Waals surface area contributed by atoms with Crippen LogP contribution in [0.25, 0.3) is 0 Å². The Morgan fingerprint density at radius 1 is 1.40 bits per heavy atom. The Labute approximate surface area is 93.9 Å². The van der Waals surface area contributed by atoms with Gasteiger partial charge in [-0.2, -0.15) is 0 Å². The third-order valence-corrected chi connectivity index (χ3v) is 3.71. The largest absolute Gasteiger partial charge is 0.481 e. The lowest BCUT2D eigenvalue weighted by atomic mass is 9.93. The molecule has 0 radical (unpaired) electrons. The Balaban J connectivity index is 2.51. The van der Waals surface area contributed by atoms with E-state index in [-0.39, 0.29) is 0 Å². The highest BCUT2D eigenvalue weighted by Gasteiger charge is 2.51. The second-order valence-corrected chi connectivity index (χ2v) is 4.69. The molecule has 0 bridgehead atoms. The summed E-state index contributed by atoms with van der Waals surface area (Å²) >= 11 is 6.06. The van der Waals surface area contributed by atoms with Crippen molar-refractivity contribution in [3.8, 4) is 0 Å². The van der Waals surface area contributed by atoms with Gasteiger partial charge in [-0.3, -0.25) is 4.79 Å². The quantitative estimate of drug-likeness (QED) is 0.838. The maximum absolute atomic E-state index is 11.1. The van der Waals surface area contributed by atoms with Crippen LogP contribution in [0.4, 0.5) is 0 Å². The Kier molecular flexibility index (Phi) is 2.27. The van der Waals surface area contributed by atoms with Crippen LogP contribution in [-0.2, 0) is 10.2 Å². The average molecular weight is 225 g/mol. The first-order chi connectivity index (χ1) is 6.97. The van der Waals surface area contributed by atoms with Crippen molar-refractivity contribution in [3.63, 3.8) is 0 Å². The van der Waals surface area contributed by atoms with Crippen LogP contribution in [0.3, 0.4) is 0 Å². The van der Waals surface area contributed by atoms with Gasteiger partial charge in [0.15, 0.2) is 0 Å². The van der Waals surface area contributed by atoms with Crippen molar-refractivity contribution in [1.82, 2.24) is 0 Å². The normalized spacial score (nSPS) is 17.5. The molecule has 2 rings (SSSR count). The number of aliphatic carboxylic acids is 1. The van der Waals surface area contributed by atoms with E-state index in [9.17, 15) is 4.79 Å². The van der Waals surface area contributed by atoms with Gasteiger partial charge in [0.2, 0.25) is 0 Å². The molecule has 2 nitrogen and oxygen atoms in total. The van der Waals surface area contributed by atoms with Gasteiger partial charge < -0.3 is 5.11 Å². The highest BCUT2D eigenvalue weighted by molar-refractivity contribution is 6.31. The average Bonchev–Trinajstić information content (AvgIpc) is 2.93. The number of rotatable bonds is 2. The van der Waals surface area contributed by atoms with Crippen LogP contribution in [0.2, 0.25) is 5.02 Å². The number of aryl methyl sites for hydroxylation is 1. The summed E-state index contributed by atoms with van der Waals surface area (Å²) in [5.74, 6) is -0.734. The number of halogens is 1. The van der Waals surface area contributed by atoms with E-state index in [0.717, 1.165) is 29.5 Å². The van der Waals surface area contributed by atoms with Crippen molar-refractivity contribution in [2.75, 3.05) is 0 Å². The second kappa shape index (κ2) is 3.24. The predicted molar refractivity (Wildman–Crippen MR) is 59.5 cm³/mol. The smallest absolute Gasteiger partial charge is 0.314 e. The summed E-state index contributed by atoms with van der Waals surface area (Å²) in [6.07, 6.45) is 1.45. The molecule has 0 amide bonds. The summed E-state index contributed by atoms with van der Waals surface area (Å²) in [4.78, 5) is 11.1. The standard InChI is InChI=1S/C12H13ClO2/c1-7-5-9(6-10(13)8(7)2)12(3-4-12)11(14)15/h5-6H,3-4H2,1-2H3,(H,14,15). The topological polar surface area (TPSA) is 37.3 Å². The third kappa shape index (κ3) is 1.53. The van der Waals surface area contributed by atoms with Crippen LogP contribution in [-0.4, -0.2) is 11.1 Å². The van der Waals surface area contributed by atoms with Gasteiger partial charge >= 0.3 is 5.97 Å². The molecule has 1 aromatic rings. The highest BCUT2D eigenvalue weighted by Crippen LogP contribution is 2.49. The molecule has 1 aliphatic carbocycles. The molecule has 1 saturated carbocycles. The number of hydrogen-bond acceptors (Lipinski definition) is 1. The summed E-state index contributed by atoms with van der Waals surface area (Å²) in [7, 11) is 0. The van der Waals surface area contributed by atoms with Gasteiger partial charge in [-0.1, -0.05) is 17.7 Å². The Morgan fingerprint density at radius 3 is 2.40 bits per heavy atom. The minimum Gasteiger partial charge on any atom is -0.481 e. The van der Waals surface area contributed by atoms with Gasteiger partial charge in [-0.05, 0) is 49.4 Å². The predicted octanol–water partition coefficient (Wildman–Crippen LogP) is 3.07. The molecule has 1 fully saturated rings. The van der Waals surface area contributed by atoms with Crippen molar-refractivity contribution in [3.05, 3.63) is 33.8 Å². The van der Waals surface area contributed by atoms with Gasteiger partial charge in [-0.25, -0.2) is 0 Å². The first-order valence-corrected chi connectivity index (χ1v) is 5.36. The van der Waals surface area contributed by atoms with Gasteiger partial charge in [0.1, 0.15) is 0 Å². The zero-order chi connectivity index (χ0) is 11.2. The third-order valence-electron chi connectivity index (χ3n) is 3.32. The molecule has 0 spiro atoms. The number of hydrogen-bond donors (Lipinski definition) is 1. The van der Waals surface area contributed by atoms with Crippen LogP contribution in [0.15, 0.2) is 12.1 Å². The Bertz CT molecular complexity index is 410. The molecule has 3 heteroatoms. The zero-order valence-electron chi connectivity index (χ0n) is 8.80. The van der Waals surface area contributed by atoms with Crippen LogP contribution in [0, 0.1) is 13.8 Å². The fourth-order valence-corrected chi connectivity index (χ4v) is 2.11. The van der Waals surface area contributed by atoms with Crippen LogP contribution >= 0.6 is 11.6 Å². The lowest BCUT2D eigenvalue weighted by Crippen LogP contribution is -2.19. The Hall–Kier alpha value is -1.02. The van der Waals surface area contributed by atoms with Crippen molar-refractivity contribution in [1.29, 1.82) is 0 Å². The monoisotopic (exact) mass is 224 g/mol. The molecule has 1 N–H and O–H groups in total. The number of carbonyl (C=O) groups is 1. The molecule has 80 valence electrons. The first-order valence-electron chi connectivity index (χ1n) is 4.98. The molecule has 0 atom stereocenters. The molecule has 0 aromatic heterocycles. The molecule has 0 heterocycles. The van der Waals surface area contributed by atoms with E-state index < -0.39 is 11.4 Å². The minimum absolute atomic E-state index is 0.651. The lowest BCUT2D eigenvalue weighted by Gasteiger charge is -2.13. The van der Waals surface area contributed by atoms with Crippen LogP contribution in [0.5, 0.6) is 0 Å². The van der Waals surface area contributed by atoms with E-state index in [0.29, 0.717) is 5.02 Å². The lowest BCUT2D eigenvalue weighted by molar-refractivity contribution is -0.140. The summed E-state index contributed by atoms with van der Waals surface area (Å²) < 4.78 is 0. The summed E-state index contributed by atoms with van der Waals surface area (Å²) in [5, 5.41) is 9.83. The number of carboxylic acids is 1. The molecular formula is C12H13ClO2. The molecule has 0 unspecified atom stereocenters. The maximum Gasteiger partial charge on any atom is 0.314 e. The molecule has 0 aliphatic heterocycles. The van der Waals surface area contributed by atoms with E-state index in [4.69, 9.17) is 16.7 Å². The van der Waals surface area contributed by atoms with Crippen molar-refractivity contribution in [2.45, 2.75) is 32.1 Å². The summed E-state index contributed by atoms with van der Waals surface area (Å²) in [6.45, 7) is 3.91. The minimum atomic E-state index is -0.734. The van der Waals surface area contributed by atoms with Crippen molar-refractivity contribution >= 4 is 17.6 Å². The SMILES string of the molecule is Cc1cc(C2(C(=O)O)CC2)cc(Cl)c1C. The molecule has 1 aromatic carbocycles. The highest BCUT2D eigenvalue weighted by atomic mass is 35.5. The number of carboxylic acid groups (broad SMARTS) is 1. The fraction of sp³-hybridized carbons (Fsp3) is 0.417. The van der Waals surface area contributed by atoms with E-state index in [1.807, 2.05) is 19.9 Å². The second-order valence-electron chi connectivity index (χ2n) is 4.29. The summed E-state index contributed by atoms with van der Waals surface area (Å²) in [5.41, 5.74) is 2.29. The Morgan fingerprint density at radius 2 is 2.00 bits per heavy atom. The molecule has 0 saturated heterocycles. The van der Waals surface area contributed by atoms with Gasteiger partial charge in [0, 0.05) is 5.02 Å². The van der Waals surface area contributed by atoms with Gasteiger partial charge in [-0.15, -0.1) is 0 Å². The van der Waals surface area contributed by atoms with E-state index in [1.165, 1.54) is 0 Å². The van der Waals surface area contributed by atoms with Gasteiger partial charge in [0.05, 0.1) is 5.41 Å². The van der Waals surface area contributed by atoms with E-state index in [2.05, 4.69) is 0 Å². The fourth-order valence-electron chi connectivity index (χ4n) is 1.84. The van der Waals surface area contributed by atoms with Crippen molar-refractivity contribution < 1.29 is 9.90 Å². The molecule has 1 aliphatic rings.